The van der Waals surface area contributed by atoms with Gasteiger partial charge in [0, 0.05) is 17.9 Å². The number of benzene rings is 3. The SMILES string of the molecule is CCc1c(C=C2C(=O)C(=O)C(C=C3C=Cc4ccccc4N3CC)=C2O)ccc2ccccc12. The molecule has 1 aliphatic carbocycles. The van der Waals surface area contributed by atoms with Crippen LogP contribution in [0.25, 0.3) is 22.9 Å². The molecule has 0 spiro atoms. The first-order chi connectivity index (χ1) is 16.5. The summed E-state index contributed by atoms with van der Waals surface area (Å²) < 4.78 is 0. The second kappa shape index (κ2) is 8.64. The Labute approximate surface area is 198 Å². The Morgan fingerprint density at radius 3 is 2.41 bits per heavy atom. The van der Waals surface area contributed by atoms with Crippen LogP contribution in [0, 0.1) is 0 Å². The maximum atomic E-state index is 12.9. The molecule has 4 nitrogen and oxygen atoms in total. The lowest BCUT2D eigenvalue weighted by atomic mass is 9.95. The van der Waals surface area contributed by atoms with Crippen molar-refractivity contribution in [3.63, 3.8) is 0 Å². The maximum Gasteiger partial charge on any atom is 0.237 e. The predicted molar refractivity (Wildman–Crippen MR) is 138 cm³/mol. The van der Waals surface area contributed by atoms with Crippen molar-refractivity contribution in [2.45, 2.75) is 20.3 Å². The number of hydrogen-bond donors (Lipinski definition) is 1. The fraction of sp³-hybridized carbons (Fsp3) is 0.133. The third-order valence-corrected chi connectivity index (χ3v) is 6.52. The van der Waals surface area contributed by atoms with Crippen molar-refractivity contribution < 1.29 is 14.7 Å². The van der Waals surface area contributed by atoms with Gasteiger partial charge in [-0.05, 0) is 65.1 Å². The third-order valence-electron chi connectivity index (χ3n) is 6.52. The van der Waals surface area contributed by atoms with E-state index in [0.29, 0.717) is 6.54 Å². The lowest BCUT2D eigenvalue weighted by Crippen LogP contribution is -2.24. The summed E-state index contributed by atoms with van der Waals surface area (Å²) in [5.41, 5.74) is 4.85. The molecule has 0 unspecified atom stereocenters. The van der Waals surface area contributed by atoms with Gasteiger partial charge in [0.05, 0.1) is 11.1 Å². The van der Waals surface area contributed by atoms with Gasteiger partial charge in [-0.25, -0.2) is 0 Å². The summed E-state index contributed by atoms with van der Waals surface area (Å²) in [5.74, 6) is -1.62. The van der Waals surface area contributed by atoms with Gasteiger partial charge >= 0.3 is 0 Å². The Morgan fingerprint density at radius 2 is 1.62 bits per heavy atom. The van der Waals surface area contributed by atoms with Gasteiger partial charge in [-0.3, -0.25) is 9.59 Å². The van der Waals surface area contributed by atoms with Gasteiger partial charge in [0.25, 0.3) is 0 Å². The second-order valence-electron chi connectivity index (χ2n) is 8.39. The molecule has 0 aromatic heterocycles. The number of rotatable bonds is 4. The summed E-state index contributed by atoms with van der Waals surface area (Å²) in [7, 11) is 0. The molecule has 2 aliphatic rings. The topological polar surface area (TPSA) is 57.6 Å². The minimum Gasteiger partial charge on any atom is -0.506 e. The highest BCUT2D eigenvalue weighted by atomic mass is 16.3. The van der Waals surface area contributed by atoms with E-state index in [1.807, 2.05) is 73.7 Å². The van der Waals surface area contributed by atoms with E-state index in [1.54, 1.807) is 12.2 Å². The summed E-state index contributed by atoms with van der Waals surface area (Å²) in [6, 6.07) is 20.0. The van der Waals surface area contributed by atoms with Crippen LogP contribution in [0.2, 0.25) is 0 Å². The van der Waals surface area contributed by atoms with Gasteiger partial charge in [-0.1, -0.05) is 67.6 Å². The minimum absolute atomic E-state index is 0.0348. The van der Waals surface area contributed by atoms with E-state index < -0.39 is 11.6 Å². The molecule has 5 rings (SSSR count). The number of fused-ring (bicyclic) bond motifs is 2. The molecule has 1 heterocycles. The number of allylic oxidation sites excluding steroid dienone is 4. The molecular weight excluding hydrogens is 422 g/mol. The Bertz CT molecular complexity index is 1470. The van der Waals surface area contributed by atoms with Crippen LogP contribution in [-0.2, 0) is 16.0 Å². The molecule has 168 valence electrons. The van der Waals surface area contributed by atoms with Gasteiger partial charge in [-0.2, -0.15) is 0 Å². The van der Waals surface area contributed by atoms with Crippen LogP contribution in [0.1, 0.15) is 30.5 Å². The lowest BCUT2D eigenvalue weighted by molar-refractivity contribution is -0.131. The number of aliphatic hydroxyl groups is 1. The van der Waals surface area contributed by atoms with Crippen LogP contribution in [0.3, 0.4) is 0 Å². The van der Waals surface area contributed by atoms with Crippen molar-refractivity contribution in [2.75, 3.05) is 11.4 Å². The second-order valence-corrected chi connectivity index (χ2v) is 8.39. The Hall–Kier alpha value is -4.18. The smallest absolute Gasteiger partial charge is 0.237 e. The van der Waals surface area contributed by atoms with E-state index in [2.05, 4.69) is 17.9 Å². The zero-order valence-electron chi connectivity index (χ0n) is 19.2. The first-order valence-electron chi connectivity index (χ1n) is 11.5. The Balaban J connectivity index is 1.60. The van der Waals surface area contributed by atoms with Crippen molar-refractivity contribution >= 4 is 40.2 Å². The Morgan fingerprint density at radius 1 is 0.853 bits per heavy atom. The van der Waals surface area contributed by atoms with Crippen molar-refractivity contribution in [1.29, 1.82) is 0 Å². The number of nitrogens with zero attached hydrogens (tertiary/aromatic N) is 1. The summed E-state index contributed by atoms with van der Waals surface area (Å²) >= 11 is 0. The molecule has 0 radical (unpaired) electrons. The molecule has 1 aliphatic heterocycles. The van der Waals surface area contributed by atoms with E-state index in [0.717, 1.165) is 45.3 Å². The van der Waals surface area contributed by atoms with Crippen molar-refractivity contribution in [1.82, 2.24) is 0 Å². The van der Waals surface area contributed by atoms with E-state index in [4.69, 9.17) is 0 Å². The van der Waals surface area contributed by atoms with Crippen molar-refractivity contribution in [3.8, 4) is 0 Å². The average molecular weight is 448 g/mol. The standard InChI is InChI=1S/C30H25NO3/c1-3-23-21(14-13-19-9-5-7-11-24(19)23)17-25-28(32)26(30(34)29(25)33)18-22-16-15-20-10-6-8-12-27(20)31(22)4-2/h5-18,32H,3-4H2,1-2H3. The Kier molecular flexibility index (Phi) is 5.50. The predicted octanol–water partition coefficient (Wildman–Crippen LogP) is 6.19. The number of aryl methyl sites for hydroxylation is 1. The molecule has 1 N–H and O–H groups in total. The highest BCUT2D eigenvalue weighted by Crippen LogP contribution is 2.34. The van der Waals surface area contributed by atoms with Gasteiger partial charge in [0.15, 0.2) is 0 Å². The normalized spacial score (nSPS) is 18.0. The van der Waals surface area contributed by atoms with Gasteiger partial charge in [0.1, 0.15) is 5.76 Å². The molecule has 3 aromatic carbocycles. The van der Waals surface area contributed by atoms with Gasteiger partial charge in [0.2, 0.25) is 11.6 Å². The quantitative estimate of drug-likeness (QED) is 0.383. The van der Waals surface area contributed by atoms with Crippen LogP contribution in [0.5, 0.6) is 0 Å². The summed E-state index contributed by atoms with van der Waals surface area (Å²) in [6.07, 6.45) is 7.92. The summed E-state index contributed by atoms with van der Waals surface area (Å²) in [6.45, 7) is 4.77. The zero-order valence-corrected chi connectivity index (χ0v) is 19.2. The molecule has 34 heavy (non-hydrogen) atoms. The number of Topliss-reactive ketones (excluding diaryl/α,β-unsaturated/α-hetero) is 2. The van der Waals surface area contributed by atoms with Crippen LogP contribution < -0.4 is 4.90 Å². The monoisotopic (exact) mass is 447 g/mol. The molecule has 0 bridgehead atoms. The molecule has 0 amide bonds. The molecular formula is C30H25NO3. The number of carbonyl (C=O) groups excluding carboxylic acids is 2. The van der Waals surface area contributed by atoms with E-state index >= 15 is 0 Å². The highest BCUT2D eigenvalue weighted by molar-refractivity contribution is 6.54. The van der Waals surface area contributed by atoms with Crippen molar-refractivity contribution in [2.24, 2.45) is 0 Å². The van der Waals surface area contributed by atoms with Crippen LogP contribution in [0.15, 0.2) is 95.4 Å². The first kappa shape index (κ1) is 21.7. The van der Waals surface area contributed by atoms with Gasteiger partial charge < -0.3 is 10.0 Å². The lowest BCUT2D eigenvalue weighted by Gasteiger charge is -2.29. The van der Waals surface area contributed by atoms with Crippen molar-refractivity contribution in [3.05, 3.63) is 112 Å². The van der Waals surface area contributed by atoms with Crippen LogP contribution >= 0.6 is 0 Å². The van der Waals surface area contributed by atoms with E-state index in [9.17, 15) is 14.7 Å². The fourth-order valence-electron chi connectivity index (χ4n) is 4.82. The molecule has 0 saturated heterocycles. The number of likely N-dealkylation sites (N-methyl/N-ethyl adjacent to an activating group) is 1. The zero-order chi connectivity index (χ0) is 23.8. The number of aliphatic hydroxyl groups excluding tert-OH is 1. The van der Waals surface area contributed by atoms with E-state index in [1.165, 1.54) is 0 Å². The third kappa shape index (κ3) is 3.48. The summed E-state index contributed by atoms with van der Waals surface area (Å²) in [4.78, 5) is 27.9. The van der Waals surface area contributed by atoms with Gasteiger partial charge in [-0.15, -0.1) is 0 Å². The largest absolute Gasteiger partial charge is 0.506 e. The number of carbonyl (C=O) groups is 2. The van der Waals surface area contributed by atoms with E-state index in [-0.39, 0.29) is 16.9 Å². The minimum atomic E-state index is -0.682. The molecule has 0 atom stereocenters. The molecule has 4 heteroatoms. The van der Waals surface area contributed by atoms with Crippen LogP contribution in [0.4, 0.5) is 5.69 Å². The van der Waals surface area contributed by atoms with Crippen LogP contribution in [-0.4, -0.2) is 23.2 Å². The maximum absolute atomic E-state index is 12.9. The average Bonchev–Trinajstić information content (AvgIpc) is 3.06. The fourth-order valence-corrected chi connectivity index (χ4v) is 4.82. The first-order valence-corrected chi connectivity index (χ1v) is 11.5. The number of anilines is 1. The number of ketones is 2. The number of para-hydroxylation sites is 1. The number of hydrogen-bond acceptors (Lipinski definition) is 4. The molecule has 0 saturated carbocycles. The molecule has 0 fully saturated rings. The summed E-state index contributed by atoms with van der Waals surface area (Å²) in [5, 5.41) is 13.2. The molecule has 3 aromatic rings. The highest BCUT2D eigenvalue weighted by Gasteiger charge is 2.36.